The molecule has 4 nitrogen and oxygen atoms in total. The van der Waals surface area contributed by atoms with E-state index in [-0.39, 0.29) is 6.23 Å². The highest BCUT2D eigenvalue weighted by Crippen LogP contribution is 2.26. The van der Waals surface area contributed by atoms with Crippen LogP contribution in [0.15, 0.2) is 12.4 Å². The Morgan fingerprint density at radius 2 is 2.47 bits per heavy atom. The number of nitrogens with one attached hydrogen (secondary N) is 1. The van der Waals surface area contributed by atoms with Gasteiger partial charge in [0, 0.05) is 25.3 Å². The second kappa shape index (κ2) is 3.94. The second-order valence-corrected chi connectivity index (χ2v) is 4.41. The summed E-state index contributed by atoms with van der Waals surface area (Å²) < 4.78 is 7.59. The van der Waals surface area contributed by atoms with E-state index in [9.17, 15) is 0 Å². The molecule has 0 bridgehead atoms. The molecular weight excluding hydrogens is 190 g/mol. The first-order chi connectivity index (χ1) is 7.43. The van der Waals surface area contributed by atoms with Gasteiger partial charge in [0.2, 0.25) is 0 Å². The van der Waals surface area contributed by atoms with Crippen LogP contribution in [-0.2, 0) is 4.74 Å². The Balaban J connectivity index is 1.74. The highest BCUT2D eigenvalue weighted by molar-refractivity contribution is 5.13. The van der Waals surface area contributed by atoms with Crippen molar-refractivity contribution in [2.45, 2.75) is 31.4 Å². The zero-order valence-corrected chi connectivity index (χ0v) is 8.85. The molecule has 4 heteroatoms. The summed E-state index contributed by atoms with van der Waals surface area (Å²) in [6.45, 7) is 3.11. The molecular formula is C11H17N3O. The maximum Gasteiger partial charge on any atom is 0.150 e. The Morgan fingerprint density at radius 1 is 1.47 bits per heavy atom. The van der Waals surface area contributed by atoms with Crippen LogP contribution >= 0.6 is 0 Å². The zero-order valence-electron chi connectivity index (χ0n) is 8.85. The van der Waals surface area contributed by atoms with Crippen LogP contribution in [0, 0.1) is 0 Å². The van der Waals surface area contributed by atoms with Crippen molar-refractivity contribution in [2.75, 3.05) is 19.7 Å². The summed E-state index contributed by atoms with van der Waals surface area (Å²) in [6.07, 6.45) is 7.84. The summed E-state index contributed by atoms with van der Waals surface area (Å²) in [4.78, 5) is 0. The van der Waals surface area contributed by atoms with Gasteiger partial charge in [0.25, 0.3) is 0 Å². The average Bonchev–Trinajstić information content (AvgIpc) is 3.02. The third-order valence-electron chi connectivity index (χ3n) is 3.35. The SMILES string of the molecule is c1nn(C2CCCO2)cc1C1CCNC1. The fraction of sp³-hybridized carbons (Fsp3) is 0.727. The molecule has 1 aromatic rings. The lowest BCUT2D eigenvalue weighted by Crippen LogP contribution is -2.08. The van der Waals surface area contributed by atoms with Crippen LogP contribution in [0.3, 0.4) is 0 Å². The normalized spacial score (nSPS) is 31.2. The molecule has 2 aliphatic rings. The van der Waals surface area contributed by atoms with E-state index in [2.05, 4.69) is 16.6 Å². The number of hydrogen-bond donors (Lipinski definition) is 1. The summed E-state index contributed by atoms with van der Waals surface area (Å²) in [5, 5.41) is 7.79. The minimum absolute atomic E-state index is 0.188. The van der Waals surface area contributed by atoms with Gasteiger partial charge >= 0.3 is 0 Å². The van der Waals surface area contributed by atoms with Gasteiger partial charge in [0.15, 0.2) is 0 Å². The van der Waals surface area contributed by atoms with Crippen LogP contribution < -0.4 is 5.32 Å². The number of rotatable bonds is 2. The van der Waals surface area contributed by atoms with Crippen LogP contribution in [0.4, 0.5) is 0 Å². The Kier molecular flexibility index (Phi) is 2.46. The van der Waals surface area contributed by atoms with Gasteiger partial charge in [-0.3, -0.25) is 0 Å². The largest absolute Gasteiger partial charge is 0.357 e. The van der Waals surface area contributed by atoms with E-state index in [4.69, 9.17) is 4.74 Å². The monoisotopic (exact) mass is 207 g/mol. The van der Waals surface area contributed by atoms with Crippen LogP contribution in [0.5, 0.6) is 0 Å². The fourth-order valence-electron chi connectivity index (χ4n) is 2.43. The Hall–Kier alpha value is -0.870. The maximum absolute atomic E-state index is 5.60. The Morgan fingerprint density at radius 3 is 3.20 bits per heavy atom. The predicted molar refractivity (Wildman–Crippen MR) is 56.7 cm³/mol. The van der Waals surface area contributed by atoms with Crippen molar-refractivity contribution in [2.24, 2.45) is 0 Å². The smallest absolute Gasteiger partial charge is 0.150 e. The van der Waals surface area contributed by atoms with Crippen LogP contribution in [0.25, 0.3) is 0 Å². The lowest BCUT2D eigenvalue weighted by Gasteiger charge is -2.09. The van der Waals surface area contributed by atoms with Crippen molar-refractivity contribution in [3.05, 3.63) is 18.0 Å². The van der Waals surface area contributed by atoms with Crippen molar-refractivity contribution in [3.8, 4) is 0 Å². The molecule has 1 N–H and O–H groups in total. The fourth-order valence-corrected chi connectivity index (χ4v) is 2.43. The van der Waals surface area contributed by atoms with Gasteiger partial charge in [-0.2, -0.15) is 5.10 Å². The third-order valence-corrected chi connectivity index (χ3v) is 3.35. The molecule has 0 aliphatic carbocycles. The van der Waals surface area contributed by atoms with Crippen molar-refractivity contribution in [1.29, 1.82) is 0 Å². The van der Waals surface area contributed by atoms with E-state index in [0.717, 1.165) is 32.5 Å². The molecule has 2 unspecified atom stereocenters. The topological polar surface area (TPSA) is 39.1 Å². The summed E-state index contributed by atoms with van der Waals surface area (Å²) in [5.41, 5.74) is 1.36. The molecule has 0 aromatic carbocycles. The van der Waals surface area contributed by atoms with Crippen LogP contribution in [0.1, 0.15) is 37.0 Å². The molecule has 0 spiro atoms. The van der Waals surface area contributed by atoms with Crippen LogP contribution in [0.2, 0.25) is 0 Å². The molecule has 3 rings (SSSR count). The lowest BCUT2D eigenvalue weighted by molar-refractivity contribution is 0.0467. The maximum atomic E-state index is 5.60. The number of hydrogen-bond acceptors (Lipinski definition) is 3. The van der Waals surface area contributed by atoms with E-state index in [1.807, 2.05) is 10.9 Å². The highest BCUT2D eigenvalue weighted by Gasteiger charge is 2.22. The molecule has 1 aromatic heterocycles. The van der Waals surface area contributed by atoms with E-state index >= 15 is 0 Å². The molecule has 15 heavy (non-hydrogen) atoms. The lowest BCUT2D eigenvalue weighted by atomic mass is 10.0. The number of aromatic nitrogens is 2. The standard InChI is InChI=1S/C11H17N3O/c1-2-11(15-5-1)14-8-10(7-13-14)9-3-4-12-6-9/h7-9,11-12H,1-6H2. The molecule has 3 heterocycles. The molecule has 0 radical (unpaired) electrons. The van der Waals surface area contributed by atoms with E-state index in [1.165, 1.54) is 12.0 Å². The van der Waals surface area contributed by atoms with Gasteiger partial charge in [-0.05, 0) is 31.4 Å². The predicted octanol–water partition coefficient (Wildman–Crippen LogP) is 1.27. The zero-order chi connectivity index (χ0) is 10.1. The van der Waals surface area contributed by atoms with E-state index < -0.39 is 0 Å². The Bertz CT molecular complexity index is 294. The summed E-state index contributed by atoms with van der Waals surface area (Å²) in [6, 6.07) is 0. The van der Waals surface area contributed by atoms with Crippen molar-refractivity contribution < 1.29 is 4.74 Å². The Labute approximate surface area is 89.6 Å². The number of nitrogens with zero attached hydrogens (tertiary/aromatic N) is 2. The first-order valence-electron chi connectivity index (χ1n) is 5.80. The highest BCUT2D eigenvalue weighted by atomic mass is 16.5. The molecule has 2 atom stereocenters. The minimum Gasteiger partial charge on any atom is -0.357 e. The van der Waals surface area contributed by atoms with E-state index in [1.54, 1.807) is 0 Å². The average molecular weight is 207 g/mol. The van der Waals surface area contributed by atoms with Gasteiger partial charge < -0.3 is 10.1 Å². The summed E-state index contributed by atoms with van der Waals surface area (Å²) in [5.74, 6) is 0.653. The van der Waals surface area contributed by atoms with Gasteiger partial charge in [-0.1, -0.05) is 0 Å². The van der Waals surface area contributed by atoms with Crippen molar-refractivity contribution in [1.82, 2.24) is 15.1 Å². The minimum atomic E-state index is 0.188. The van der Waals surface area contributed by atoms with E-state index in [0.29, 0.717) is 5.92 Å². The van der Waals surface area contributed by atoms with Gasteiger partial charge in [-0.15, -0.1) is 0 Å². The second-order valence-electron chi connectivity index (χ2n) is 4.41. The quantitative estimate of drug-likeness (QED) is 0.793. The molecule has 0 saturated carbocycles. The molecule has 2 fully saturated rings. The van der Waals surface area contributed by atoms with Gasteiger partial charge in [0.05, 0.1) is 6.20 Å². The van der Waals surface area contributed by atoms with Gasteiger partial charge in [0.1, 0.15) is 6.23 Å². The van der Waals surface area contributed by atoms with Crippen LogP contribution in [-0.4, -0.2) is 29.5 Å². The molecule has 82 valence electrons. The van der Waals surface area contributed by atoms with Crippen molar-refractivity contribution in [3.63, 3.8) is 0 Å². The molecule has 0 amide bonds. The third kappa shape index (κ3) is 1.79. The van der Waals surface area contributed by atoms with Gasteiger partial charge in [-0.25, -0.2) is 4.68 Å². The summed E-state index contributed by atoms with van der Waals surface area (Å²) in [7, 11) is 0. The first kappa shape index (κ1) is 9.36. The number of ether oxygens (including phenoxy) is 1. The molecule has 2 aliphatic heterocycles. The van der Waals surface area contributed by atoms with Crippen molar-refractivity contribution >= 4 is 0 Å². The summed E-state index contributed by atoms with van der Waals surface area (Å²) >= 11 is 0. The molecule has 2 saturated heterocycles. The first-order valence-corrected chi connectivity index (χ1v) is 5.80.